The number of imidazole rings is 1. The van der Waals surface area contributed by atoms with Crippen molar-refractivity contribution in [3.8, 4) is 0 Å². The van der Waals surface area contributed by atoms with Crippen molar-refractivity contribution in [3.05, 3.63) is 36.3 Å². The molecule has 2 aromatic rings. The molecule has 0 aliphatic carbocycles. The summed E-state index contributed by atoms with van der Waals surface area (Å²) in [6.45, 7) is 1.39. The average molecular weight is 316 g/mol. The molecule has 7 nitrogen and oxygen atoms in total. The molecule has 1 aliphatic heterocycles. The highest BCUT2D eigenvalue weighted by atomic mass is 16.4. The van der Waals surface area contributed by atoms with Crippen LogP contribution >= 0.6 is 0 Å². The lowest BCUT2D eigenvalue weighted by atomic mass is 9.99. The Balaban J connectivity index is 1.50. The second-order valence-electron chi connectivity index (χ2n) is 5.80. The van der Waals surface area contributed by atoms with E-state index in [2.05, 4.69) is 10.3 Å². The maximum Gasteiger partial charge on any atom is 0.317 e. The summed E-state index contributed by atoms with van der Waals surface area (Å²) in [6.07, 6.45) is 5.90. The summed E-state index contributed by atoms with van der Waals surface area (Å²) in [6, 6.07) is 5.61. The summed E-state index contributed by atoms with van der Waals surface area (Å²) in [7, 11) is 0. The smallest absolute Gasteiger partial charge is 0.317 e. The van der Waals surface area contributed by atoms with Crippen LogP contribution in [0, 0.1) is 5.92 Å². The van der Waals surface area contributed by atoms with Crippen molar-refractivity contribution in [3.63, 3.8) is 0 Å². The van der Waals surface area contributed by atoms with Crippen LogP contribution in [0.25, 0.3) is 5.65 Å². The molecule has 0 spiro atoms. The van der Waals surface area contributed by atoms with Crippen molar-refractivity contribution < 1.29 is 14.7 Å². The average Bonchev–Trinajstić information content (AvgIpc) is 2.97. The second kappa shape index (κ2) is 6.68. The first kappa shape index (κ1) is 15.3. The van der Waals surface area contributed by atoms with Gasteiger partial charge in [0, 0.05) is 38.4 Å². The molecule has 0 aromatic carbocycles. The van der Waals surface area contributed by atoms with Crippen molar-refractivity contribution in [2.75, 3.05) is 19.6 Å². The summed E-state index contributed by atoms with van der Waals surface area (Å²) in [4.78, 5) is 29.2. The lowest BCUT2D eigenvalue weighted by Crippen LogP contribution is -2.47. The topological polar surface area (TPSA) is 86.9 Å². The van der Waals surface area contributed by atoms with Gasteiger partial charge >= 0.3 is 12.0 Å². The molecule has 0 bridgehead atoms. The van der Waals surface area contributed by atoms with Crippen molar-refractivity contribution >= 4 is 17.6 Å². The number of carbonyl (C=O) groups excluding carboxylic acids is 1. The molecule has 3 rings (SSSR count). The standard InChI is InChI=1S/C16H20N4O3/c21-15(22)12-4-3-9-20(10-12)16(23)17-7-6-13-11-19-8-2-1-5-14(19)18-13/h1-2,5,8,11-12H,3-4,6-7,9-10H2,(H,17,23)(H,21,22). The molecule has 2 aromatic heterocycles. The van der Waals surface area contributed by atoms with Crippen LogP contribution < -0.4 is 5.32 Å². The number of likely N-dealkylation sites (tertiary alicyclic amines) is 1. The van der Waals surface area contributed by atoms with E-state index >= 15 is 0 Å². The number of rotatable bonds is 4. The van der Waals surface area contributed by atoms with Crippen LogP contribution in [0.15, 0.2) is 30.6 Å². The zero-order valence-corrected chi connectivity index (χ0v) is 12.8. The summed E-state index contributed by atoms with van der Waals surface area (Å²) in [5, 5.41) is 11.9. The number of hydrogen-bond acceptors (Lipinski definition) is 3. The number of nitrogens with one attached hydrogen (secondary N) is 1. The molecule has 1 aliphatic rings. The van der Waals surface area contributed by atoms with Crippen LogP contribution in [0.4, 0.5) is 4.79 Å². The fraction of sp³-hybridized carbons (Fsp3) is 0.438. The van der Waals surface area contributed by atoms with Crippen molar-refractivity contribution in [1.82, 2.24) is 19.6 Å². The Morgan fingerprint density at radius 2 is 2.26 bits per heavy atom. The predicted octanol–water partition coefficient (Wildman–Crippen LogP) is 1.38. The minimum atomic E-state index is -0.827. The Morgan fingerprint density at radius 1 is 1.39 bits per heavy atom. The van der Waals surface area contributed by atoms with E-state index in [4.69, 9.17) is 5.11 Å². The third-order valence-electron chi connectivity index (χ3n) is 4.13. The van der Waals surface area contributed by atoms with Gasteiger partial charge in [-0.3, -0.25) is 4.79 Å². The van der Waals surface area contributed by atoms with Crippen LogP contribution in [0.3, 0.4) is 0 Å². The van der Waals surface area contributed by atoms with Crippen LogP contribution in [0.5, 0.6) is 0 Å². The molecule has 3 heterocycles. The van der Waals surface area contributed by atoms with E-state index in [-0.39, 0.29) is 12.6 Å². The molecule has 1 unspecified atom stereocenters. The summed E-state index contributed by atoms with van der Waals surface area (Å²) in [5.41, 5.74) is 1.80. The number of amides is 2. The number of fused-ring (bicyclic) bond motifs is 1. The number of carboxylic acids is 1. The first-order valence-corrected chi connectivity index (χ1v) is 7.81. The number of aliphatic carboxylic acids is 1. The highest BCUT2D eigenvalue weighted by Gasteiger charge is 2.27. The molecular weight excluding hydrogens is 296 g/mol. The van der Waals surface area contributed by atoms with E-state index < -0.39 is 11.9 Å². The molecule has 122 valence electrons. The maximum absolute atomic E-state index is 12.1. The Morgan fingerprint density at radius 3 is 3.04 bits per heavy atom. The lowest BCUT2D eigenvalue weighted by Gasteiger charge is -2.30. The van der Waals surface area contributed by atoms with Crippen molar-refractivity contribution in [2.24, 2.45) is 5.92 Å². The number of nitrogens with zero attached hydrogens (tertiary/aromatic N) is 3. The normalized spacial score (nSPS) is 18.1. The van der Waals surface area contributed by atoms with E-state index in [1.807, 2.05) is 35.0 Å². The molecule has 2 amide bonds. The summed E-state index contributed by atoms with van der Waals surface area (Å²) >= 11 is 0. The molecule has 2 N–H and O–H groups in total. The summed E-state index contributed by atoms with van der Waals surface area (Å²) < 4.78 is 1.94. The van der Waals surface area contributed by atoms with Gasteiger partial charge in [-0.15, -0.1) is 0 Å². The quantitative estimate of drug-likeness (QED) is 0.892. The number of aromatic nitrogens is 2. The fourth-order valence-electron chi connectivity index (χ4n) is 2.88. The number of hydrogen-bond donors (Lipinski definition) is 2. The van der Waals surface area contributed by atoms with Gasteiger partial charge in [0.05, 0.1) is 11.6 Å². The number of carboxylic acid groups (broad SMARTS) is 1. The van der Waals surface area contributed by atoms with Gasteiger partial charge in [0.1, 0.15) is 5.65 Å². The minimum absolute atomic E-state index is 0.195. The monoisotopic (exact) mass is 316 g/mol. The maximum atomic E-state index is 12.1. The van der Waals surface area contributed by atoms with Gasteiger partial charge in [-0.1, -0.05) is 6.07 Å². The zero-order chi connectivity index (χ0) is 16.2. The van der Waals surface area contributed by atoms with Crippen molar-refractivity contribution in [2.45, 2.75) is 19.3 Å². The first-order chi connectivity index (χ1) is 11.1. The highest BCUT2D eigenvalue weighted by molar-refractivity contribution is 5.76. The molecular formula is C16H20N4O3. The molecule has 1 atom stereocenters. The Kier molecular flexibility index (Phi) is 4.45. The van der Waals surface area contributed by atoms with Gasteiger partial charge in [-0.05, 0) is 25.0 Å². The van der Waals surface area contributed by atoms with E-state index in [1.165, 1.54) is 0 Å². The van der Waals surface area contributed by atoms with E-state index in [0.717, 1.165) is 17.8 Å². The molecule has 1 fully saturated rings. The number of urea groups is 1. The van der Waals surface area contributed by atoms with Crippen LogP contribution in [0.2, 0.25) is 0 Å². The lowest BCUT2D eigenvalue weighted by molar-refractivity contribution is -0.143. The van der Waals surface area contributed by atoms with Crippen molar-refractivity contribution in [1.29, 1.82) is 0 Å². The predicted molar refractivity (Wildman–Crippen MR) is 84.2 cm³/mol. The van der Waals surface area contributed by atoms with Gasteiger partial charge in [0.15, 0.2) is 0 Å². The van der Waals surface area contributed by atoms with Gasteiger partial charge in [-0.2, -0.15) is 0 Å². The second-order valence-corrected chi connectivity index (χ2v) is 5.80. The van der Waals surface area contributed by atoms with Crippen LogP contribution in [-0.4, -0.2) is 51.0 Å². The van der Waals surface area contributed by atoms with E-state index in [1.54, 1.807) is 4.90 Å². The molecule has 1 saturated heterocycles. The fourth-order valence-corrected chi connectivity index (χ4v) is 2.88. The minimum Gasteiger partial charge on any atom is -0.481 e. The first-order valence-electron chi connectivity index (χ1n) is 7.81. The highest BCUT2D eigenvalue weighted by Crippen LogP contribution is 2.16. The van der Waals surface area contributed by atoms with Gasteiger partial charge in [0.25, 0.3) is 0 Å². The Bertz CT molecular complexity index is 679. The number of pyridine rings is 1. The molecule has 0 radical (unpaired) electrons. The van der Waals surface area contributed by atoms with E-state index in [9.17, 15) is 9.59 Å². The Labute approximate surface area is 133 Å². The Hall–Kier alpha value is -2.57. The zero-order valence-electron chi connectivity index (χ0n) is 12.8. The number of piperidine rings is 1. The van der Waals surface area contributed by atoms with Gasteiger partial charge in [-0.25, -0.2) is 9.78 Å². The number of carbonyl (C=O) groups is 2. The molecule has 0 saturated carbocycles. The third kappa shape index (κ3) is 3.61. The van der Waals surface area contributed by atoms with E-state index in [0.29, 0.717) is 25.9 Å². The molecule has 7 heteroatoms. The largest absolute Gasteiger partial charge is 0.481 e. The van der Waals surface area contributed by atoms with Crippen LogP contribution in [-0.2, 0) is 11.2 Å². The van der Waals surface area contributed by atoms with Gasteiger partial charge < -0.3 is 19.7 Å². The SMILES string of the molecule is O=C(O)C1CCCN(C(=O)NCCc2cn3ccccc3n2)C1. The third-order valence-corrected chi connectivity index (χ3v) is 4.13. The van der Waals surface area contributed by atoms with Gasteiger partial charge in [0.2, 0.25) is 0 Å². The van der Waals surface area contributed by atoms with Crippen LogP contribution in [0.1, 0.15) is 18.5 Å². The summed E-state index contributed by atoms with van der Waals surface area (Å²) in [5.74, 6) is -1.28. The molecule has 23 heavy (non-hydrogen) atoms.